The van der Waals surface area contributed by atoms with E-state index in [-0.39, 0.29) is 5.82 Å². The molecule has 2 rings (SSSR count). The molecule has 2 N–H and O–H groups in total. The van der Waals surface area contributed by atoms with Gasteiger partial charge < -0.3 is 5.73 Å². The smallest absolute Gasteiger partial charge is 0.186 e. The van der Waals surface area contributed by atoms with Gasteiger partial charge in [-0.3, -0.25) is 0 Å². The van der Waals surface area contributed by atoms with Gasteiger partial charge in [-0.2, -0.15) is 0 Å². The van der Waals surface area contributed by atoms with Crippen molar-refractivity contribution >= 4 is 5.82 Å². The molecule has 0 radical (unpaired) electrons. The monoisotopic (exact) mass is 223 g/mol. The van der Waals surface area contributed by atoms with Crippen LogP contribution in [-0.4, -0.2) is 9.97 Å². The largest absolute Gasteiger partial charge is 0.381 e. The zero-order valence-corrected chi connectivity index (χ0v) is 9.83. The lowest BCUT2D eigenvalue weighted by atomic mass is 9.82. The summed E-state index contributed by atoms with van der Waals surface area (Å²) in [5.74, 6) is 1.38. The number of aromatic nitrogens is 2. The van der Waals surface area contributed by atoms with Crippen LogP contribution in [-0.2, 0) is 0 Å². The third kappa shape index (κ3) is 2.15. The molecule has 88 valence electrons. The highest BCUT2D eigenvalue weighted by molar-refractivity contribution is 5.32. The van der Waals surface area contributed by atoms with Crippen molar-refractivity contribution in [2.75, 3.05) is 5.73 Å². The number of hydrogen-bond acceptors (Lipinski definition) is 3. The molecule has 1 aromatic rings. The predicted octanol–water partition coefficient (Wildman–Crippen LogP) is 2.80. The lowest BCUT2D eigenvalue weighted by Gasteiger charge is -2.25. The van der Waals surface area contributed by atoms with Crippen molar-refractivity contribution in [1.29, 1.82) is 0 Å². The molecule has 0 spiro atoms. The highest BCUT2D eigenvalue weighted by atomic mass is 19.1. The number of aryl methyl sites for hydroxylation is 1. The minimum absolute atomic E-state index is 0.0129. The molecule has 16 heavy (non-hydrogen) atoms. The van der Waals surface area contributed by atoms with Crippen molar-refractivity contribution in [1.82, 2.24) is 9.97 Å². The molecule has 1 saturated carbocycles. The Bertz CT molecular complexity index is 361. The van der Waals surface area contributed by atoms with Crippen LogP contribution < -0.4 is 5.73 Å². The average Bonchev–Trinajstić information content (AvgIpc) is 2.26. The van der Waals surface area contributed by atoms with Crippen molar-refractivity contribution in [3.63, 3.8) is 0 Å². The molecule has 0 aromatic carbocycles. The first-order valence-electron chi connectivity index (χ1n) is 5.87. The predicted molar refractivity (Wildman–Crippen MR) is 61.5 cm³/mol. The Morgan fingerprint density at radius 3 is 2.38 bits per heavy atom. The van der Waals surface area contributed by atoms with E-state index in [2.05, 4.69) is 16.9 Å². The summed E-state index contributed by atoms with van der Waals surface area (Å²) in [6.07, 6.45) is 4.58. The van der Waals surface area contributed by atoms with Gasteiger partial charge in [0.2, 0.25) is 0 Å². The van der Waals surface area contributed by atoms with Gasteiger partial charge in [0, 0.05) is 5.92 Å². The zero-order chi connectivity index (χ0) is 11.7. The number of nitrogens with zero attached hydrogens (tertiary/aromatic N) is 2. The molecule has 3 nitrogen and oxygen atoms in total. The fourth-order valence-corrected chi connectivity index (χ4v) is 2.30. The van der Waals surface area contributed by atoms with Crippen LogP contribution in [0.2, 0.25) is 0 Å². The van der Waals surface area contributed by atoms with Crippen molar-refractivity contribution in [3.8, 4) is 0 Å². The van der Waals surface area contributed by atoms with Crippen molar-refractivity contribution in [2.24, 2.45) is 5.92 Å². The van der Waals surface area contributed by atoms with Crippen LogP contribution in [0.3, 0.4) is 0 Å². The lowest BCUT2D eigenvalue weighted by molar-refractivity contribution is 0.339. The molecule has 0 unspecified atom stereocenters. The van der Waals surface area contributed by atoms with Crippen LogP contribution in [0.1, 0.15) is 50.0 Å². The van der Waals surface area contributed by atoms with Crippen LogP contribution in [0.5, 0.6) is 0 Å². The maximum atomic E-state index is 13.3. The summed E-state index contributed by atoms with van der Waals surface area (Å²) in [5, 5.41) is 0. The highest BCUT2D eigenvalue weighted by Crippen LogP contribution is 2.34. The number of nitrogen functional groups attached to an aromatic ring is 1. The van der Waals surface area contributed by atoms with E-state index in [0.717, 1.165) is 24.6 Å². The maximum Gasteiger partial charge on any atom is 0.186 e. The van der Waals surface area contributed by atoms with Gasteiger partial charge in [0.05, 0.1) is 5.69 Å². The normalized spacial score (nSPS) is 25.7. The minimum atomic E-state index is -0.479. The molecule has 0 aliphatic heterocycles. The van der Waals surface area contributed by atoms with E-state index in [0.29, 0.717) is 11.6 Å². The molecule has 0 bridgehead atoms. The number of halogens is 1. The average molecular weight is 223 g/mol. The topological polar surface area (TPSA) is 51.8 Å². The Kier molecular flexibility index (Phi) is 3.08. The summed E-state index contributed by atoms with van der Waals surface area (Å²) in [6.45, 7) is 3.91. The SMILES string of the molecule is Cc1nc(C2CCC(C)CC2)nc(N)c1F. The molecule has 4 heteroatoms. The van der Waals surface area contributed by atoms with E-state index >= 15 is 0 Å². The number of rotatable bonds is 1. The summed E-state index contributed by atoms with van der Waals surface area (Å²) in [5.41, 5.74) is 5.89. The maximum absolute atomic E-state index is 13.3. The Labute approximate surface area is 95.3 Å². The Hall–Kier alpha value is -1.19. The second-order valence-corrected chi connectivity index (χ2v) is 4.82. The van der Waals surface area contributed by atoms with Gasteiger partial charge in [-0.15, -0.1) is 0 Å². The first-order valence-corrected chi connectivity index (χ1v) is 5.87. The summed E-state index contributed by atoms with van der Waals surface area (Å²) in [4.78, 5) is 8.29. The third-order valence-corrected chi connectivity index (χ3v) is 3.44. The summed E-state index contributed by atoms with van der Waals surface area (Å²) in [6, 6.07) is 0. The van der Waals surface area contributed by atoms with E-state index in [1.54, 1.807) is 6.92 Å². The number of hydrogen-bond donors (Lipinski definition) is 1. The van der Waals surface area contributed by atoms with Gasteiger partial charge in [0.25, 0.3) is 0 Å². The summed E-state index contributed by atoms with van der Waals surface area (Å²) < 4.78 is 13.3. The second-order valence-electron chi connectivity index (χ2n) is 4.82. The standard InChI is InChI=1S/C12H18FN3/c1-7-3-5-9(6-4-7)12-15-8(2)10(13)11(14)16-12/h7,9H,3-6H2,1-2H3,(H2,14,15,16). The molecule has 1 fully saturated rings. The van der Waals surface area contributed by atoms with E-state index in [1.165, 1.54) is 12.8 Å². The van der Waals surface area contributed by atoms with Crippen LogP contribution in [0, 0.1) is 18.7 Å². The van der Waals surface area contributed by atoms with E-state index < -0.39 is 5.82 Å². The van der Waals surface area contributed by atoms with Crippen LogP contribution >= 0.6 is 0 Å². The lowest BCUT2D eigenvalue weighted by Crippen LogP contribution is -2.15. The highest BCUT2D eigenvalue weighted by Gasteiger charge is 2.23. The van der Waals surface area contributed by atoms with E-state index in [1.807, 2.05) is 0 Å². The Balaban J connectivity index is 2.21. The molecule has 1 aliphatic carbocycles. The van der Waals surface area contributed by atoms with Crippen molar-refractivity contribution in [2.45, 2.75) is 45.4 Å². The van der Waals surface area contributed by atoms with E-state index in [4.69, 9.17) is 5.73 Å². The molecule has 0 atom stereocenters. The summed E-state index contributed by atoms with van der Waals surface area (Å²) >= 11 is 0. The van der Waals surface area contributed by atoms with Crippen LogP contribution in [0.4, 0.5) is 10.2 Å². The van der Waals surface area contributed by atoms with Gasteiger partial charge in [0.1, 0.15) is 5.82 Å². The second kappa shape index (κ2) is 4.36. The number of nitrogens with two attached hydrogens (primary N) is 1. The molecular weight excluding hydrogens is 205 g/mol. The third-order valence-electron chi connectivity index (χ3n) is 3.44. The van der Waals surface area contributed by atoms with Gasteiger partial charge in [-0.05, 0) is 25.7 Å². The van der Waals surface area contributed by atoms with Crippen molar-refractivity contribution < 1.29 is 4.39 Å². The molecule has 0 saturated heterocycles. The fraction of sp³-hybridized carbons (Fsp3) is 0.667. The Morgan fingerprint density at radius 2 is 1.81 bits per heavy atom. The van der Waals surface area contributed by atoms with Crippen LogP contribution in [0.25, 0.3) is 0 Å². The molecular formula is C12H18FN3. The molecule has 1 aliphatic rings. The first kappa shape index (κ1) is 11.3. The van der Waals surface area contributed by atoms with E-state index in [9.17, 15) is 4.39 Å². The fourth-order valence-electron chi connectivity index (χ4n) is 2.30. The van der Waals surface area contributed by atoms with Crippen LogP contribution in [0.15, 0.2) is 0 Å². The van der Waals surface area contributed by atoms with Gasteiger partial charge in [-0.1, -0.05) is 19.8 Å². The van der Waals surface area contributed by atoms with Gasteiger partial charge in [-0.25, -0.2) is 14.4 Å². The van der Waals surface area contributed by atoms with Gasteiger partial charge in [0.15, 0.2) is 11.6 Å². The zero-order valence-electron chi connectivity index (χ0n) is 9.83. The van der Waals surface area contributed by atoms with Gasteiger partial charge >= 0.3 is 0 Å². The molecule has 1 heterocycles. The Morgan fingerprint density at radius 1 is 1.19 bits per heavy atom. The van der Waals surface area contributed by atoms with Crippen molar-refractivity contribution in [3.05, 3.63) is 17.3 Å². The molecule has 1 aromatic heterocycles. The molecule has 0 amide bonds. The minimum Gasteiger partial charge on any atom is -0.381 e. The quantitative estimate of drug-likeness (QED) is 0.796. The summed E-state index contributed by atoms with van der Waals surface area (Å²) in [7, 11) is 0. The number of anilines is 1. The first-order chi connectivity index (χ1) is 7.58.